The monoisotopic (exact) mass is 258 g/mol. The summed E-state index contributed by atoms with van der Waals surface area (Å²) in [6.45, 7) is 0. The van der Waals surface area contributed by atoms with Crippen LogP contribution in [0.5, 0.6) is 0 Å². The van der Waals surface area contributed by atoms with Gasteiger partial charge in [0.25, 0.3) is 5.91 Å². The highest BCUT2D eigenvalue weighted by Crippen LogP contribution is 2.23. The van der Waals surface area contributed by atoms with Gasteiger partial charge in [0, 0.05) is 6.04 Å². The number of fused-ring (bicyclic) bond motifs is 1. The van der Waals surface area contributed by atoms with Crippen molar-refractivity contribution in [1.82, 2.24) is 5.32 Å². The molecule has 0 saturated carbocycles. The lowest BCUT2D eigenvalue weighted by atomic mass is 10.1. The van der Waals surface area contributed by atoms with E-state index in [0.29, 0.717) is 10.6 Å². The largest absolute Gasteiger partial charge is 0.397 e. The molecule has 1 aliphatic rings. The fraction of sp³-hybridized carbons (Fsp3) is 0.214. The predicted molar refractivity (Wildman–Crippen MR) is 73.8 cm³/mol. The molecule has 3 nitrogen and oxygen atoms in total. The van der Waals surface area contributed by atoms with E-state index in [1.807, 2.05) is 17.5 Å². The number of amides is 1. The van der Waals surface area contributed by atoms with E-state index in [1.165, 1.54) is 22.5 Å². The van der Waals surface area contributed by atoms with E-state index in [4.69, 9.17) is 5.73 Å². The van der Waals surface area contributed by atoms with E-state index in [-0.39, 0.29) is 11.9 Å². The van der Waals surface area contributed by atoms with Gasteiger partial charge >= 0.3 is 0 Å². The van der Waals surface area contributed by atoms with Crippen molar-refractivity contribution in [3.05, 3.63) is 51.7 Å². The van der Waals surface area contributed by atoms with Crippen LogP contribution in [0.2, 0.25) is 0 Å². The zero-order valence-corrected chi connectivity index (χ0v) is 10.7. The molecule has 3 rings (SSSR count). The molecule has 1 aliphatic carbocycles. The summed E-state index contributed by atoms with van der Waals surface area (Å²) in [5.74, 6) is -0.0553. The number of hydrogen-bond donors (Lipinski definition) is 2. The molecular weight excluding hydrogens is 244 g/mol. The van der Waals surface area contributed by atoms with Gasteiger partial charge in [-0.25, -0.2) is 0 Å². The van der Waals surface area contributed by atoms with Crippen LogP contribution >= 0.6 is 11.3 Å². The lowest BCUT2D eigenvalue weighted by Crippen LogP contribution is -2.35. The van der Waals surface area contributed by atoms with Gasteiger partial charge in [0.15, 0.2) is 0 Å². The fourth-order valence-corrected chi connectivity index (χ4v) is 3.14. The zero-order chi connectivity index (χ0) is 12.5. The van der Waals surface area contributed by atoms with Crippen LogP contribution in [0.4, 0.5) is 5.69 Å². The molecule has 18 heavy (non-hydrogen) atoms. The number of hydrogen-bond acceptors (Lipinski definition) is 3. The van der Waals surface area contributed by atoms with Crippen LogP contribution in [0.3, 0.4) is 0 Å². The number of nitrogens with one attached hydrogen (secondary N) is 1. The third kappa shape index (κ3) is 1.99. The van der Waals surface area contributed by atoms with Gasteiger partial charge in [0.2, 0.25) is 0 Å². The van der Waals surface area contributed by atoms with E-state index in [2.05, 4.69) is 17.4 Å². The number of thiophene rings is 1. The molecule has 1 aromatic heterocycles. The standard InChI is InChI=1S/C14H14N2OS/c15-12-5-6-18-13(12)14(17)16-11-7-9-3-1-2-4-10(9)8-11/h1-6,11H,7-8,15H2,(H,16,17). The number of rotatable bonds is 2. The average Bonchev–Trinajstić information content (AvgIpc) is 2.94. The van der Waals surface area contributed by atoms with Gasteiger partial charge in [-0.1, -0.05) is 24.3 Å². The molecular formula is C14H14N2OS. The molecule has 1 amide bonds. The minimum absolute atomic E-state index is 0.0553. The van der Waals surface area contributed by atoms with Crippen LogP contribution in [0.25, 0.3) is 0 Å². The van der Waals surface area contributed by atoms with Gasteiger partial charge in [0.1, 0.15) is 4.88 Å². The van der Waals surface area contributed by atoms with E-state index in [9.17, 15) is 4.79 Å². The third-order valence-corrected chi connectivity index (χ3v) is 4.22. The van der Waals surface area contributed by atoms with Gasteiger partial charge in [0.05, 0.1) is 5.69 Å². The molecule has 1 aromatic carbocycles. The summed E-state index contributed by atoms with van der Waals surface area (Å²) in [7, 11) is 0. The van der Waals surface area contributed by atoms with Gasteiger partial charge in [-0.15, -0.1) is 11.3 Å². The summed E-state index contributed by atoms with van der Waals surface area (Å²) >= 11 is 1.39. The molecule has 92 valence electrons. The second-order valence-electron chi connectivity index (χ2n) is 4.55. The summed E-state index contributed by atoms with van der Waals surface area (Å²) in [5.41, 5.74) is 8.98. The molecule has 4 heteroatoms. The Morgan fingerprint density at radius 1 is 1.22 bits per heavy atom. The first-order valence-corrected chi connectivity index (χ1v) is 6.82. The minimum atomic E-state index is -0.0553. The topological polar surface area (TPSA) is 55.1 Å². The van der Waals surface area contributed by atoms with Gasteiger partial charge in [-0.2, -0.15) is 0 Å². The van der Waals surface area contributed by atoms with Crippen LogP contribution in [-0.2, 0) is 12.8 Å². The maximum Gasteiger partial charge on any atom is 0.263 e. The zero-order valence-electron chi connectivity index (χ0n) is 9.85. The number of benzene rings is 1. The van der Waals surface area contributed by atoms with Gasteiger partial charge in [-0.3, -0.25) is 4.79 Å². The number of nitrogen functional groups attached to an aromatic ring is 1. The summed E-state index contributed by atoms with van der Waals surface area (Å²) in [6, 6.07) is 10.3. The first-order chi connectivity index (χ1) is 8.74. The smallest absolute Gasteiger partial charge is 0.263 e. The molecule has 3 N–H and O–H groups in total. The molecule has 0 fully saturated rings. The first kappa shape index (κ1) is 11.3. The van der Waals surface area contributed by atoms with E-state index >= 15 is 0 Å². The highest BCUT2D eigenvalue weighted by atomic mass is 32.1. The highest BCUT2D eigenvalue weighted by molar-refractivity contribution is 7.12. The molecule has 2 aromatic rings. The quantitative estimate of drug-likeness (QED) is 0.868. The Hall–Kier alpha value is -1.81. The van der Waals surface area contributed by atoms with Crippen LogP contribution in [0.15, 0.2) is 35.7 Å². The van der Waals surface area contributed by atoms with Gasteiger partial charge in [-0.05, 0) is 35.4 Å². The van der Waals surface area contributed by atoms with Crippen molar-refractivity contribution in [2.75, 3.05) is 5.73 Å². The van der Waals surface area contributed by atoms with Crippen molar-refractivity contribution in [2.45, 2.75) is 18.9 Å². The van der Waals surface area contributed by atoms with Crippen LogP contribution < -0.4 is 11.1 Å². The van der Waals surface area contributed by atoms with Gasteiger partial charge < -0.3 is 11.1 Å². The molecule has 0 atom stereocenters. The Morgan fingerprint density at radius 3 is 2.44 bits per heavy atom. The highest BCUT2D eigenvalue weighted by Gasteiger charge is 2.23. The molecule has 0 spiro atoms. The number of nitrogens with two attached hydrogens (primary N) is 1. The van der Waals surface area contributed by atoms with Crippen LogP contribution in [0, 0.1) is 0 Å². The second-order valence-corrected chi connectivity index (χ2v) is 5.47. The van der Waals surface area contributed by atoms with Crippen LogP contribution in [0.1, 0.15) is 20.8 Å². The van der Waals surface area contributed by atoms with E-state index in [1.54, 1.807) is 6.07 Å². The summed E-state index contributed by atoms with van der Waals surface area (Å²) in [4.78, 5) is 12.7. The Morgan fingerprint density at radius 2 is 1.89 bits per heavy atom. The normalized spacial score (nSPS) is 14.4. The Kier molecular flexibility index (Phi) is 2.80. The summed E-state index contributed by atoms with van der Waals surface area (Å²) < 4.78 is 0. The lowest BCUT2D eigenvalue weighted by molar-refractivity contribution is 0.0943. The number of anilines is 1. The van der Waals surface area contributed by atoms with Crippen LogP contribution in [-0.4, -0.2) is 11.9 Å². The fourth-order valence-electron chi connectivity index (χ4n) is 2.42. The Labute approximate surface area is 110 Å². The molecule has 1 heterocycles. The summed E-state index contributed by atoms with van der Waals surface area (Å²) in [6.07, 6.45) is 1.82. The van der Waals surface area contributed by atoms with Crippen molar-refractivity contribution >= 4 is 22.9 Å². The van der Waals surface area contributed by atoms with E-state index in [0.717, 1.165) is 12.8 Å². The lowest BCUT2D eigenvalue weighted by Gasteiger charge is -2.11. The number of carbonyl (C=O) groups is 1. The maximum absolute atomic E-state index is 12.1. The Balaban J connectivity index is 1.70. The predicted octanol–water partition coefficient (Wildman–Crippen LogP) is 2.23. The number of carbonyl (C=O) groups excluding carboxylic acids is 1. The molecule has 0 bridgehead atoms. The van der Waals surface area contributed by atoms with Crippen molar-refractivity contribution in [3.63, 3.8) is 0 Å². The van der Waals surface area contributed by atoms with Crippen molar-refractivity contribution in [1.29, 1.82) is 0 Å². The SMILES string of the molecule is Nc1ccsc1C(=O)NC1Cc2ccccc2C1. The Bertz CT molecular complexity index is 566. The minimum Gasteiger partial charge on any atom is -0.397 e. The molecule has 0 aliphatic heterocycles. The second kappa shape index (κ2) is 4.46. The molecule has 0 saturated heterocycles. The van der Waals surface area contributed by atoms with Crippen molar-refractivity contribution in [2.24, 2.45) is 0 Å². The molecule has 0 radical (unpaired) electrons. The first-order valence-electron chi connectivity index (χ1n) is 5.94. The molecule has 0 unspecified atom stereocenters. The van der Waals surface area contributed by atoms with Crippen molar-refractivity contribution in [3.8, 4) is 0 Å². The van der Waals surface area contributed by atoms with E-state index < -0.39 is 0 Å². The van der Waals surface area contributed by atoms with Crippen molar-refractivity contribution < 1.29 is 4.79 Å². The average molecular weight is 258 g/mol. The third-order valence-electron chi connectivity index (χ3n) is 3.29. The summed E-state index contributed by atoms with van der Waals surface area (Å²) in [5, 5.41) is 4.90. The maximum atomic E-state index is 12.1.